The Kier molecular flexibility index (Phi) is 66.9. The van der Waals surface area contributed by atoms with Crippen LogP contribution in [0.25, 0.3) is 0 Å². The van der Waals surface area contributed by atoms with Crippen molar-refractivity contribution in [2.75, 3.05) is 39.6 Å². The van der Waals surface area contributed by atoms with E-state index in [1.807, 2.05) is 0 Å². The van der Waals surface area contributed by atoms with Gasteiger partial charge >= 0.3 is 39.5 Å². The summed E-state index contributed by atoms with van der Waals surface area (Å²) in [6.07, 6.45) is 60.3. The molecule has 0 saturated carbocycles. The third kappa shape index (κ3) is 68.5. The van der Waals surface area contributed by atoms with Crippen LogP contribution in [0, 0.1) is 5.92 Å². The van der Waals surface area contributed by atoms with E-state index >= 15 is 0 Å². The van der Waals surface area contributed by atoms with Crippen LogP contribution in [0.1, 0.15) is 375 Å². The van der Waals surface area contributed by atoms with E-state index in [9.17, 15) is 43.2 Å². The van der Waals surface area contributed by atoms with Gasteiger partial charge in [0.25, 0.3) is 0 Å². The fourth-order valence-electron chi connectivity index (χ4n) is 11.1. The molecule has 0 saturated heterocycles. The maximum absolute atomic E-state index is 13.1. The van der Waals surface area contributed by atoms with Crippen LogP contribution in [-0.4, -0.2) is 96.7 Å². The molecule has 6 atom stereocenters. The first kappa shape index (κ1) is 92.5. The van der Waals surface area contributed by atoms with Crippen molar-refractivity contribution in [3.8, 4) is 0 Å². The van der Waals surface area contributed by atoms with Gasteiger partial charge in [0.15, 0.2) is 12.2 Å². The molecule has 0 fully saturated rings. The van der Waals surface area contributed by atoms with Gasteiger partial charge in [-0.1, -0.05) is 322 Å². The van der Waals surface area contributed by atoms with E-state index in [2.05, 4.69) is 58.9 Å². The van der Waals surface area contributed by atoms with Gasteiger partial charge in [-0.15, -0.1) is 0 Å². The monoisotopic (exact) mass is 1390 g/mol. The summed E-state index contributed by atoms with van der Waals surface area (Å²) in [6, 6.07) is 0. The summed E-state index contributed by atoms with van der Waals surface area (Å²) in [4.78, 5) is 72.7. The first-order chi connectivity index (χ1) is 46.1. The van der Waals surface area contributed by atoms with Crippen molar-refractivity contribution in [1.82, 2.24) is 0 Å². The summed E-state index contributed by atoms with van der Waals surface area (Å²) < 4.78 is 68.4. The molecular weight excluding hydrogens is 1250 g/mol. The molecule has 3 unspecified atom stereocenters. The SMILES string of the molecule is CCCCCC/C=C\C=C/CCCCCCCC(=O)OC[C@H](COP(=O)(O)OC[C@@H](O)COP(=O)(O)OC[C@@H](COC(=O)CCCCCCCCCCC)OC(=O)CCCCCCCCCCCCCCC)OC(=O)CCCCCCCCCCCCCCCCC(C)CC. The average molecular weight is 1390 g/mol. The van der Waals surface area contributed by atoms with E-state index < -0.39 is 97.5 Å². The van der Waals surface area contributed by atoms with Crippen LogP contribution in [0.15, 0.2) is 24.3 Å². The Hall–Kier alpha value is -2.46. The van der Waals surface area contributed by atoms with Crippen molar-refractivity contribution in [1.29, 1.82) is 0 Å². The summed E-state index contributed by atoms with van der Waals surface area (Å²) in [5, 5.41) is 10.6. The van der Waals surface area contributed by atoms with Crippen LogP contribution in [0.2, 0.25) is 0 Å². The van der Waals surface area contributed by atoms with Gasteiger partial charge in [0.2, 0.25) is 0 Å². The number of hydrogen-bond acceptors (Lipinski definition) is 15. The number of rotatable bonds is 74. The zero-order valence-electron chi connectivity index (χ0n) is 61.3. The summed E-state index contributed by atoms with van der Waals surface area (Å²) in [7, 11) is -9.92. The summed E-state index contributed by atoms with van der Waals surface area (Å²) in [6.45, 7) is 7.27. The Balaban J connectivity index is 5.27. The number of allylic oxidation sites excluding steroid dienone is 4. The first-order valence-corrected chi connectivity index (χ1v) is 42.0. The highest BCUT2D eigenvalue weighted by molar-refractivity contribution is 7.47. The number of carbonyl (C=O) groups excluding carboxylic acids is 4. The van der Waals surface area contributed by atoms with Crippen molar-refractivity contribution in [3.05, 3.63) is 24.3 Å². The molecule has 560 valence electrons. The van der Waals surface area contributed by atoms with E-state index in [0.29, 0.717) is 25.7 Å². The standard InChI is InChI=1S/C76H144O17P2/c1-6-10-13-16-19-22-24-26-27-32-35-40-45-50-55-60-74(79)87-66-72(93-76(81)62-57-52-47-42-37-33-29-28-31-34-39-43-48-53-58-69(5)9-4)68-91-95(84,85)89-64-70(77)63-88-94(82,83)90-67-71(65-86-73(78)59-54-49-44-38-21-18-15-12-8-3)92-75(80)61-56-51-46-41-36-30-25-23-20-17-14-11-7-2/h22,24,26-27,69-72,77H,6-21,23,25,28-68H2,1-5H3,(H,82,83)(H,84,85)/b24-22-,27-26-/t69?,70-,71+,72+/m0/s1. The largest absolute Gasteiger partial charge is 0.472 e. The van der Waals surface area contributed by atoms with Crippen LogP contribution < -0.4 is 0 Å². The molecule has 19 heteroatoms. The summed E-state index contributed by atoms with van der Waals surface area (Å²) >= 11 is 0. The van der Waals surface area contributed by atoms with Gasteiger partial charge in [-0.25, -0.2) is 9.13 Å². The van der Waals surface area contributed by atoms with E-state index in [4.69, 9.17) is 37.0 Å². The second kappa shape index (κ2) is 68.7. The molecule has 0 aromatic heterocycles. The molecule has 95 heavy (non-hydrogen) atoms. The zero-order valence-corrected chi connectivity index (χ0v) is 63.1. The smallest absolute Gasteiger partial charge is 0.462 e. The first-order valence-electron chi connectivity index (χ1n) is 39.0. The molecule has 0 spiro atoms. The van der Waals surface area contributed by atoms with Gasteiger partial charge in [-0.3, -0.25) is 37.3 Å². The number of unbranched alkanes of at least 4 members (excludes halogenated alkanes) is 42. The molecule has 0 aromatic rings. The van der Waals surface area contributed by atoms with Gasteiger partial charge in [0, 0.05) is 25.7 Å². The van der Waals surface area contributed by atoms with Gasteiger partial charge in [-0.2, -0.15) is 0 Å². The molecule has 0 heterocycles. The van der Waals surface area contributed by atoms with Crippen molar-refractivity contribution in [2.24, 2.45) is 5.92 Å². The van der Waals surface area contributed by atoms with Crippen LogP contribution in [-0.2, 0) is 65.4 Å². The van der Waals surface area contributed by atoms with Crippen LogP contribution in [0.4, 0.5) is 0 Å². The predicted octanol–water partition coefficient (Wildman–Crippen LogP) is 22.0. The second-order valence-electron chi connectivity index (χ2n) is 26.9. The fourth-order valence-corrected chi connectivity index (χ4v) is 12.7. The number of carbonyl (C=O) groups is 4. The number of esters is 4. The quantitative estimate of drug-likeness (QED) is 0.0169. The molecule has 0 aliphatic heterocycles. The lowest BCUT2D eigenvalue weighted by Crippen LogP contribution is -2.30. The Morgan fingerprint density at radius 2 is 0.589 bits per heavy atom. The number of aliphatic hydroxyl groups is 1. The molecule has 17 nitrogen and oxygen atoms in total. The minimum Gasteiger partial charge on any atom is -0.462 e. The van der Waals surface area contributed by atoms with E-state index in [1.54, 1.807) is 0 Å². The lowest BCUT2D eigenvalue weighted by molar-refractivity contribution is -0.161. The topological polar surface area (TPSA) is 237 Å². The zero-order chi connectivity index (χ0) is 69.8. The predicted molar refractivity (Wildman–Crippen MR) is 386 cm³/mol. The highest BCUT2D eigenvalue weighted by atomic mass is 31.2. The molecule has 0 aliphatic carbocycles. The molecule has 3 N–H and O–H groups in total. The number of ether oxygens (including phenoxy) is 4. The lowest BCUT2D eigenvalue weighted by atomic mass is 9.99. The molecule has 0 radical (unpaired) electrons. The minimum atomic E-state index is -4.96. The Bertz CT molecular complexity index is 1920. The fraction of sp³-hybridized carbons (Fsp3) is 0.895. The highest BCUT2D eigenvalue weighted by Gasteiger charge is 2.30. The van der Waals surface area contributed by atoms with E-state index in [1.165, 1.54) is 180 Å². The van der Waals surface area contributed by atoms with Crippen molar-refractivity contribution in [3.63, 3.8) is 0 Å². The second-order valence-corrected chi connectivity index (χ2v) is 29.9. The maximum atomic E-state index is 13.1. The van der Waals surface area contributed by atoms with E-state index in [0.717, 1.165) is 115 Å². The van der Waals surface area contributed by atoms with E-state index in [-0.39, 0.29) is 25.7 Å². The van der Waals surface area contributed by atoms with Gasteiger partial charge in [-0.05, 0) is 57.3 Å². The van der Waals surface area contributed by atoms with Crippen molar-refractivity contribution in [2.45, 2.75) is 393 Å². The minimum absolute atomic E-state index is 0.101. The molecule has 0 bridgehead atoms. The summed E-state index contributed by atoms with van der Waals surface area (Å²) in [5.74, 6) is -1.30. The third-order valence-electron chi connectivity index (χ3n) is 17.5. The lowest BCUT2D eigenvalue weighted by Gasteiger charge is -2.21. The molecule has 0 amide bonds. The number of phosphoric acid groups is 2. The maximum Gasteiger partial charge on any atom is 0.472 e. The molecule has 0 aliphatic rings. The van der Waals surface area contributed by atoms with Crippen LogP contribution >= 0.6 is 15.6 Å². The van der Waals surface area contributed by atoms with Gasteiger partial charge < -0.3 is 33.8 Å². The molecule has 0 aromatic carbocycles. The number of phosphoric ester groups is 2. The Morgan fingerprint density at radius 1 is 0.337 bits per heavy atom. The van der Waals surface area contributed by atoms with Gasteiger partial charge in [0.05, 0.1) is 26.4 Å². The summed E-state index contributed by atoms with van der Waals surface area (Å²) in [5.41, 5.74) is 0. The third-order valence-corrected chi connectivity index (χ3v) is 19.4. The van der Waals surface area contributed by atoms with Crippen molar-refractivity contribution >= 4 is 39.5 Å². The van der Waals surface area contributed by atoms with Crippen molar-refractivity contribution < 1.29 is 80.2 Å². The highest BCUT2D eigenvalue weighted by Crippen LogP contribution is 2.45. The van der Waals surface area contributed by atoms with Gasteiger partial charge in [0.1, 0.15) is 19.3 Å². The molecular formula is C76H144O17P2. The van der Waals surface area contributed by atoms with Crippen LogP contribution in [0.5, 0.6) is 0 Å². The Morgan fingerprint density at radius 3 is 0.895 bits per heavy atom. The number of hydrogen-bond donors (Lipinski definition) is 3. The van der Waals surface area contributed by atoms with Crippen LogP contribution in [0.3, 0.4) is 0 Å². The normalized spacial score (nSPS) is 14.4. The number of aliphatic hydroxyl groups excluding tert-OH is 1. The molecule has 0 rings (SSSR count). The average Bonchev–Trinajstić information content (AvgIpc) is 2.56. The Labute approximate surface area is 580 Å².